The van der Waals surface area contributed by atoms with Gasteiger partial charge in [-0.05, 0) is 66.8 Å². The largest absolute Gasteiger partial charge is 0.483 e. The van der Waals surface area contributed by atoms with Gasteiger partial charge in [0.1, 0.15) is 5.52 Å². The van der Waals surface area contributed by atoms with E-state index in [0.717, 1.165) is 59.2 Å². The van der Waals surface area contributed by atoms with Gasteiger partial charge in [0.05, 0.1) is 18.0 Å². The number of piperidine rings is 1. The number of fused-ring (bicyclic) bond motifs is 1. The van der Waals surface area contributed by atoms with Crippen LogP contribution >= 0.6 is 11.6 Å². The van der Waals surface area contributed by atoms with Crippen LogP contribution in [0.1, 0.15) is 53.5 Å². The third-order valence-corrected chi connectivity index (χ3v) is 7.45. The molecule has 1 fully saturated rings. The van der Waals surface area contributed by atoms with Crippen molar-refractivity contribution in [3.05, 3.63) is 76.1 Å². The number of rotatable bonds is 7. The molecule has 1 aliphatic rings. The lowest BCUT2D eigenvalue weighted by molar-refractivity contribution is -0.137. The molecule has 0 spiro atoms. The van der Waals surface area contributed by atoms with Gasteiger partial charge < -0.3 is 10.2 Å². The number of nitrogens with zero attached hydrogens (tertiary/aromatic N) is 6. The molecule has 1 aliphatic heterocycles. The van der Waals surface area contributed by atoms with Crippen LogP contribution in [-0.4, -0.2) is 65.4 Å². The van der Waals surface area contributed by atoms with Gasteiger partial charge in [0.25, 0.3) is 6.47 Å². The van der Waals surface area contributed by atoms with Gasteiger partial charge in [-0.15, -0.1) is 5.10 Å². The molecule has 0 bridgehead atoms. The van der Waals surface area contributed by atoms with Gasteiger partial charge in [-0.3, -0.25) is 19.2 Å². The second-order valence-electron chi connectivity index (χ2n) is 9.48. The zero-order valence-corrected chi connectivity index (χ0v) is 22.1. The summed E-state index contributed by atoms with van der Waals surface area (Å²) < 4.78 is 3.77. The van der Waals surface area contributed by atoms with Gasteiger partial charge in [0.2, 0.25) is 0 Å². The molecular formula is C27H31ClN6O4. The second-order valence-corrected chi connectivity index (χ2v) is 9.89. The number of halogens is 1. The van der Waals surface area contributed by atoms with Gasteiger partial charge >= 0.3 is 5.97 Å². The molecule has 200 valence electrons. The predicted molar refractivity (Wildman–Crippen MR) is 143 cm³/mol. The molecule has 4 aromatic rings. The first-order valence-corrected chi connectivity index (χ1v) is 12.8. The molecule has 3 heterocycles. The first-order valence-electron chi connectivity index (χ1n) is 12.4. The summed E-state index contributed by atoms with van der Waals surface area (Å²) in [4.78, 5) is 22.6. The highest BCUT2D eigenvalue weighted by atomic mass is 35.5. The summed E-state index contributed by atoms with van der Waals surface area (Å²) in [5.74, 6) is -1.16. The lowest BCUT2D eigenvalue weighted by atomic mass is 9.85. The molecule has 2 atom stereocenters. The van der Waals surface area contributed by atoms with E-state index in [9.17, 15) is 9.90 Å². The fourth-order valence-corrected chi connectivity index (χ4v) is 5.45. The van der Waals surface area contributed by atoms with E-state index in [2.05, 4.69) is 26.4 Å². The van der Waals surface area contributed by atoms with Gasteiger partial charge in [-0.25, -0.2) is 4.68 Å². The zero-order chi connectivity index (χ0) is 27.2. The maximum absolute atomic E-state index is 11.9. The van der Waals surface area contributed by atoms with Crippen LogP contribution in [0.2, 0.25) is 5.02 Å². The van der Waals surface area contributed by atoms with E-state index < -0.39 is 5.97 Å². The van der Waals surface area contributed by atoms with Crippen LogP contribution in [0.4, 0.5) is 0 Å². The number of carbonyl (C=O) groups is 2. The molecule has 10 nitrogen and oxygen atoms in total. The number of hydrogen-bond acceptors (Lipinski definition) is 6. The van der Waals surface area contributed by atoms with Crippen LogP contribution in [0.5, 0.6) is 0 Å². The van der Waals surface area contributed by atoms with E-state index >= 15 is 0 Å². The quantitative estimate of drug-likeness (QED) is 0.334. The second kappa shape index (κ2) is 12.2. The van der Waals surface area contributed by atoms with E-state index in [1.165, 1.54) is 0 Å². The van der Waals surface area contributed by atoms with Gasteiger partial charge in [0.15, 0.2) is 0 Å². The SMILES string of the molecule is Cc1c(C(CC(=O)O)c2ccc(Cl)c(CN3CCCC(n4cccn4)C3)c2)ccc2c1nnn2C.O=CO. The summed E-state index contributed by atoms with van der Waals surface area (Å²) in [6.07, 6.45) is 6.03. The standard InChI is InChI=1S/C26H29ClN6O2.CH2O2/c1-17-21(7-9-24-26(17)29-30-31(24)2)22(14-25(34)35)18-6-8-23(27)19(13-18)15-32-11-3-5-20(16-32)33-12-4-10-28-33;2-1-3/h4,6-10,12-13,20,22H,3,5,11,14-16H2,1-2H3,(H,34,35);1H,(H,2,3). The molecule has 0 radical (unpaired) electrons. The maximum atomic E-state index is 11.9. The lowest BCUT2D eigenvalue weighted by Crippen LogP contribution is -2.36. The molecule has 11 heteroatoms. The highest BCUT2D eigenvalue weighted by molar-refractivity contribution is 6.31. The Morgan fingerprint density at radius 3 is 2.79 bits per heavy atom. The molecule has 1 saturated heterocycles. The van der Waals surface area contributed by atoms with Crippen molar-refractivity contribution in [2.45, 2.75) is 44.7 Å². The van der Waals surface area contributed by atoms with Crippen LogP contribution in [-0.2, 0) is 23.2 Å². The average Bonchev–Trinajstić information content (AvgIpc) is 3.56. The normalized spacial score (nSPS) is 16.6. The van der Waals surface area contributed by atoms with E-state index in [0.29, 0.717) is 17.6 Å². The van der Waals surface area contributed by atoms with Crippen molar-refractivity contribution >= 4 is 35.1 Å². The first kappa shape index (κ1) is 27.3. The highest BCUT2D eigenvalue weighted by Crippen LogP contribution is 2.35. The third-order valence-electron chi connectivity index (χ3n) is 7.08. The number of likely N-dealkylation sites (tertiary alicyclic amines) is 1. The minimum absolute atomic E-state index is 0.0151. The topological polar surface area (TPSA) is 126 Å². The molecule has 0 saturated carbocycles. The van der Waals surface area contributed by atoms with Gasteiger partial charge in [-0.1, -0.05) is 35.0 Å². The predicted octanol–water partition coefficient (Wildman–Crippen LogP) is 4.27. The molecule has 2 unspecified atom stereocenters. The Labute approximate surface area is 225 Å². The fourth-order valence-electron chi connectivity index (χ4n) is 5.27. The number of aromatic nitrogens is 5. The Kier molecular flexibility index (Phi) is 8.75. The van der Waals surface area contributed by atoms with E-state index in [1.54, 1.807) is 4.68 Å². The Morgan fingerprint density at radius 1 is 1.29 bits per heavy atom. The van der Waals surface area contributed by atoms with Crippen molar-refractivity contribution in [1.82, 2.24) is 29.7 Å². The minimum Gasteiger partial charge on any atom is -0.483 e. The molecule has 0 amide bonds. The summed E-state index contributed by atoms with van der Waals surface area (Å²) in [5.41, 5.74) is 5.58. The number of hydrogen-bond donors (Lipinski definition) is 2. The van der Waals surface area contributed by atoms with E-state index in [-0.39, 0.29) is 18.8 Å². The minimum atomic E-state index is -0.844. The van der Waals surface area contributed by atoms with Gasteiger partial charge in [0, 0.05) is 43.5 Å². The lowest BCUT2D eigenvalue weighted by Gasteiger charge is -2.33. The average molecular weight is 539 g/mol. The number of benzene rings is 2. The van der Waals surface area contributed by atoms with Crippen molar-refractivity contribution < 1.29 is 19.8 Å². The summed E-state index contributed by atoms with van der Waals surface area (Å²) in [7, 11) is 1.85. The Bertz CT molecular complexity index is 1400. The Hall–Kier alpha value is -3.76. The summed E-state index contributed by atoms with van der Waals surface area (Å²) in [6.45, 7) is 4.36. The molecule has 38 heavy (non-hydrogen) atoms. The number of carboxylic acid groups (broad SMARTS) is 2. The van der Waals surface area contributed by atoms with E-state index in [1.807, 2.05) is 61.4 Å². The number of aryl methyl sites for hydroxylation is 2. The van der Waals surface area contributed by atoms with Crippen molar-refractivity contribution in [3.8, 4) is 0 Å². The first-order chi connectivity index (χ1) is 18.3. The molecule has 2 N–H and O–H groups in total. The summed E-state index contributed by atoms with van der Waals surface area (Å²) in [5, 5.41) is 30.2. The Morgan fingerprint density at radius 2 is 2.08 bits per heavy atom. The van der Waals surface area contributed by atoms with Crippen molar-refractivity contribution in [1.29, 1.82) is 0 Å². The monoisotopic (exact) mass is 538 g/mol. The van der Waals surface area contributed by atoms with Crippen molar-refractivity contribution in [2.24, 2.45) is 7.05 Å². The van der Waals surface area contributed by atoms with E-state index in [4.69, 9.17) is 21.5 Å². The molecule has 2 aromatic carbocycles. The van der Waals surface area contributed by atoms with Crippen LogP contribution in [0.25, 0.3) is 11.0 Å². The Balaban J connectivity index is 0.00000107. The summed E-state index contributed by atoms with van der Waals surface area (Å²) >= 11 is 6.64. The molecular weight excluding hydrogens is 508 g/mol. The number of carboxylic acids is 1. The zero-order valence-electron chi connectivity index (χ0n) is 21.4. The summed E-state index contributed by atoms with van der Waals surface area (Å²) in [6, 6.07) is 12.2. The van der Waals surface area contributed by atoms with Crippen molar-refractivity contribution in [2.75, 3.05) is 13.1 Å². The highest BCUT2D eigenvalue weighted by Gasteiger charge is 2.25. The molecule has 0 aliphatic carbocycles. The third kappa shape index (κ3) is 6.03. The molecule has 5 rings (SSSR count). The smallest absolute Gasteiger partial charge is 0.304 e. The van der Waals surface area contributed by atoms with Crippen LogP contribution in [0.15, 0.2) is 48.8 Å². The van der Waals surface area contributed by atoms with Crippen LogP contribution in [0, 0.1) is 6.92 Å². The van der Waals surface area contributed by atoms with Crippen LogP contribution < -0.4 is 0 Å². The van der Waals surface area contributed by atoms with Crippen LogP contribution in [0.3, 0.4) is 0 Å². The maximum Gasteiger partial charge on any atom is 0.304 e. The van der Waals surface area contributed by atoms with Gasteiger partial charge in [-0.2, -0.15) is 5.10 Å². The fraction of sp³-hybridized carbons (Fsp3) is 0.370. The number of aliphatic carboxylic acids is 1. The van der Waals surface area contributed by atoms with Crippen molar-refractivity contribution in [3.63, 3.8) is 0 Å². The molecule has 2 aromatic heterocycles.